The molecule has 0 unspecified atom stereocenters. The molecule has 0 saturated carbocycles. The molecule has 1 heterocycles. The lowest BCUT2D eigenvalue weighted by atomic mass is 10.1. The number of nitrogens with zero attached hydrogens (tertiary/aromatic N) is 3. The van der Waals surface area contributed by atoms with Gasteiger partial charge in [0.05, 0.1) is 5.69 Å². The van der Waals surface area contributed by atoms with E-state index in [0.29, 0.717) is 33.2 Å². The maximum Gasteiger partial charge on any atom is 0.262 e. The van der Waals surface area contributed by atoms with E-state index in [4.69, 9.17) is 16.3 Å². The van der Waals surface area contributed by atoms with Gasteiger partial charge in [0, 0.05) is 10.7 Å². The van der Waals surface area contributed by atoms with Gasteiger partial charge in [-0.05, 0) is 86.0 Å². The molecule has 0 spiro atoms. The summed E-state index contributed by atoms with van der Waals surface area (Å²) < 4.78 is 18.8. The van der Waals surface area contributed by atoms with Crippen molar-refractivity contribution in [2.45, 2.75) is 20.8 Å². The second-order valence-corrected chi connectivity index (χ2v) is 7.71. The summed E-state index contributed by atoms with van der Waals surface area (Å²) in [5, 5.41) is 12.4. The van der Waals surface area contributed by atoms with Crippen LogP contribution in [0.3, 0.4) is 0 Å². The average Bonchev–Trinajstić information content (AvgIpc) is 3.13. The van der Waals surface area contributed by atoms with E-state index in [1.54, 1.807) is 30.3 Å². The molecule has 1 N–H and O–H groups in total. The van der Waals surface area contributed by atoms with E-state index >= 15 is 0 Å². The quantitative estimate of drug-likeness (QED) is 0.467. The highest BCUT2D eigenvalue weighted by molar-refractivity contribution is 6.32. The molecular weight excluding hydrogens is 419 g/mol. The number of hydrogen-bond acceptors (Lipinski definition) is 4. The molecule has 0 saturated heterocycles. The first-order chi connectivity index (χ1) is 14.8. The van der Waals surface area contributed by atoms with Crippen molar-refractivity contribution in [1.29, 1.82) is 0 Å². The highest BCUT2D eigenvalue weighted by Crippen LogP contribution is 2.26. The molecule has 1 aromatic heterocycles. The van der Waals surface area contributed by atoms with Crippen molar-refractivity contribution in [3.8, 4) is 11.4 Å². The molecule has 0 fully saturated rings. The van der Waals surface area contributed by atoms with Crippen molar-refractivity contribution in [2.75, 3.05) is 11.9 Å². The Balaban J connectivity index is 1.49. The zero-order valence-electron chi connectivity index (χ0n) is 17.2. The van der Waals surface area contributed by atoms with Crippen LogP contribution < -0.4 is 10.1 Å². The number of carbonyl (C=O) groups is 1. The Morgan fingerprint density at radius 1 is 1.00 bits per heavy atom. The second-order valence-electron chi connectivity index (χ2n) is 7.33. The Morgan fingerprint density at radius 2 is 1.61 bits per heavy atom. The number of carbonyl (C=O) groups excluding carboxylic acids is 1. The maximum atomic E-state index is 13.2. The molecule has 1 amide bonds. The van der Waals surface area contributed by atoms with Gasteiger partial charge in [-0.2, -0.15) is 4.80 Å². The predicted molar refractivity (Wildman–Crippen MR) is 119 cm³/mol. The van der Waals surface area contributed by atoms with Gasteiger partial charge in [0.2, 0.25) is 0 Å². The lowest BCUT2D eigenvalue weighted by Crippen LogP contribution is -2.20. The standard InChI is InChI=1S/C23H20ClFN4O2/c1-13-10-20-21(28-29(27-20)17-6-4-16(25)5-7-17)11-19(13)26-22(30)12-31-18-8-14(2)23(24)15(3)9-18/h4-11H,12H2,1-3H3,(H,26,30). The van der Waals surface area contributed by atoms with E-state index in [0.717, 1.165) is 16.7 Å². The molecule has 6 nitrogen and oxygen atoms in total. The molecule has 8 heteroatoms. The lowest BCUT2D eigenvalue weighted by Gasteiger charge is -2.11. The van der Waals surface area contributed by atoms with E-state index in [-0.39, 0.29) is 18.3 Å². The summed E-state index contributed by atoms with van der Waals surface area (Å²) in [6, 6.07) is 13.1. The fourth-order valence-corrected chi connectivity index (χ4v) is 3.33. The van der Waals surface area contributed by atoms with Crippen molar-refractivity contribution in [2.24, 2.45) is 0 Å². The number of aromatic nitrogens is 3. The Morgan fingerprint density at radius 3 is 2.26 bits per heavy atom. The highest BCUT2D eigenvalue weighted by Gasteiger charge is 2.12. The molecule has 0 aliphatic carbocycles. The van der Waals surface area contributed by atoms with Crippen LogP contribution >= 0.6 is 11.6 Å². The summed E-state index contributed by atoms with van der Waals surface area (Å²) in [7, 11) is 0. The summed E-state index contributed by atoms with van der Waals surface area (Å²) in [5.41, 5.74) is 5.16. The van der Waals surface area contributed by atoms with Crippen LogP contribution in [0.5, 0.6) is 5.75 Å². The van der Waals surface area contributed by atoms with Gasteiger partial charge in [-0.25, -0.2) is 4.39 Å². The predicted octanol–water partition coefficient (Wildman–Crippen LogP) is 5.16. The van der Waals surface area contributed by atoms with E-state index in [1.807, 2.05) is 26.8 Å². The minimum Gasteiger partial charge on any atom is -0.484 e. The van der Waals surface area contributed by atoms with Crippen molar-refractivity contribution in [1.82, 2.24) is 15.0 Å². The van der Waals surface area contributed by atoms with Gasteiger partial charge in [0.1, 0.15) is 22.6 Å². The van der Waals surface area contributed by atoms with Crippen molar-refractivity contribution < 1.29 is 13.9 Å². The van der Waals surface area contributed by atoms with Gasteiger partial charge in [-0.15, -0.1) is 10.2 Å². The number of ether oxygens (including phenoxy) is 1. The SMILES string of the molecule is Cc1cc2nn(-c3ccc(F)cc3)nc2cc1NC(=O)COc1cc(C)c(Cl)c(C)c1. The summed E-state index contributed by atoms with van der Waals surface area (Å²) in [4.78, 5) is 13.9. The number of aryl methyl sites for hydroxylation is 3. The molecular formula is C23H20ClFN4O2. The van der Waals surface area contributed by atoms with Crippen molar-refractivity contribution in [3.05, 3.63) is 76.1 Å². The summed E-state index contributed by atoms with van der Waals surface area (Å²) in [5.74, 6) is -0.0324. The maximum absolute atomic E-state index is 13.2. The van der Waals surface area contributed by atoms with Crippen LogP contribution in [-0.2, 0) is 4.79 Å². The Hall–Kier alpha value is -3.45. The summed E-state index contributed by atoms with van der Waals surface area (Å²) >= 11 is 6.17. The van der Waals surface area contributed by atoms with Crippen LogP contribution in [-0.4, -0.2) is 27.5 Å². The van der Waals surface area contributed by atoms with Crippen LogP contribution in [0.1, 0.15) is 16.7 Å². The third kappa shape index (κ3) is 4.51. The number of hydrogen-bond donors (Lipinski definition) is 1. The lowest BCUT2D eigenvalue weighted by molar-refractivity contribution is -0.118. The zero-order chi connectivity index (χ0) is 22.1. The fourth-order valence-electron chi connectivity index (χ4n) is 3.22. The zero-order valence-corrected chi connectivity index (χ0v) is 18.0. The number of nitrogens with one attached hydrogen (secondary N) is 1. The third-order valence-corrected chi connectivity index (χ3v) is 5.43. The van der Waals surface area contributed by atoms with Gasteiger partial charge in [-0.3, -0.25) is 4.79 Å². The Bertz CT molecular complexity index is 1260. The van der Waals surface area contributed by atoms with Gasteiger partial charge in [0.15, 0.2) is 6.61 Å². The molecule has 0 bridgehead atoms. The first-order valence-electron chi connectivity index (χ1n) is 9.63. The van der Waals surface area contributed by atoms with E-state index < -0.39 is 0 Å². The van der Waals surface area contributed by atoms with Gasteiger partial charge >= 0.3 is 0 Å². The van der Waals surface area contributed by atoms with Gasteiger partial charge in [0.25, 0.3) is 5.91 Å². The normalized spacial score (nSPS) is 11.0. The second kappa shape index (κ2) is 8.35. The van der Waals surface area contributed by atoms with E-state index in [1.165, 1.54) is 16.9 Å². The number of halogens is 2. The van der Waals surface area contributed by atoms with Crippen molar-refractivity contribution in [3.63, 3.8) is 0 Å². The van der Waals surface area contributed by atoms with Crippen LogP contribution in [0.25, 0.3) is 16.7 Å². The topological polar surface area (TPSA) is 69.0 Å². The molecule has 0 radical (unpaired) electrons. The Labute approximate surface area is 183 Å². The minimum atomic E-state index is -0.326. The number of rotatable bonds is 5. The van der Waals surface area contributed by atoms with E-state index in [2.05, 4.69) is 15.5 Å². The smallest absolute Gasteiger partial charge is 0.262 e. The highest BCUT2D eigenvalue weighted by atomic mass is 35.5. The largest absolute Gasteiger partial charge is 0.484 e. The van der Waals surface area contributed by atoms with Crippen molar-refractivity contribution >= 4 is 34.2 Å². The molecule has 3 aromatic carbocycles. The Kier molecular flexibility index (Phi) is 5.61. The molecule has 31 heavy (non-hydrogen) atoms. The summed E-state index contributed by atoms with van der Waals surface area (Å²) in [6.07, 6.45) is 0. The van der Waals surface area contributed by atoms with Crippen LogP contribution in [0.2, 0.25) is 5.02 Å². The monoisotopic (exact) mass is 438 g/mol. The van der Waals surface area contributed by atoms with Gasteiger partial charge in [-0.1, -0.05) is 11.6 Å². The summed E-state index contributed by atoms with van der Waals surface area (Å²) in [6.45, 7) is 5.51. The molecule has 0 aliphatic heterocycles. The first kappa shape index (κ1) is 20.8. The van der Waals surface area contributed by atoms with Crippen LogP contribution in [0, 0.1) is 26.6 Å². The number of benzene rings is 3. The third-order valence-electron chi connectivity index (χ3n) is 4.84. The molecule has 0 atom stereocenters. The molecule has 0 aliphatic rings. The van der Waals surface area contributed by atoms with Gasteiger partial charge < -0.3 is 10.1 Å². The molecule has 4 rings (SSSR count). The molecule has 4 aromatic rings. The molecule has 158 valence electrons. The van der Waals surface area contributed by atoms with Crippen LogP contribution in [0.15, 0.2) is 48.5 Å². The van der Waals surface area contributed by atoms with Crippen LogP contribution in [0.4, 0.5) is 10.1 Å². The minimum absolute atomic E-state index is 0.139. The first-order valence-corrected chi connectivity index (χ1v) is 10.0. The number of anilines is 1. The van der Waals surface area contributed by atoms with E-state index in [9.17, 15) is 9.18 Å². The number of amides is 1. The average molecular weight is 439 g/mol. The fraction of sp³-hybridized carbons (Fsp3) is 0.174. The number of fused-ring (bicyclic) bond motifs is 1.